The molecule has 0 aliphatic rings. The third-order valence-electron chi connectivity index (χ3n) is 2.26. The molecule has 98 valence electrons. The largest absolute Gasteiger partial charge is 0.508 e. The number of nitrogens with zero attached hydrogens (tertiary/aromatic N) is 1. The molecule has 1 aromatic rings. The number of benzene rings is 1. The highest BCUT2D eigenvalue weighted by molar-refractivity contribution is 5.79. The van der Waals surface area contributed by atoms with Crippen molar-refractivity contribution < 1.29 is 14.7 Å². The molecule has 0 fully saturated rings. The quantitative estimate of drug-likeness (QED) is 0.370. The summed E-state index contributed by atoms with van der Waals surface area (Å²) < 4.78 is 0. The number of primary amides is 2. The Kier molecular flexibility index (Phi) is 4.50. The summed E-state index contributed by atoms with van der Waals surface area (Å²) in [6, 6.07) is 4.55. The summed E-state index contributed by atoms with van der Waals surface area (Å²) in [4.78, 5) is 23.2. The average molecular weight is 252 g/mol. The van der Waals surface area contributed by atoms with Gasteiger partial charge in [0, 0.05) is 17.8 Å². The highest BCUT2D eigenvalue weighted by Gasteiger charge is 2.14. The number of phenolic OH excluding ortho intramolecular Hbond substituents is 1. The van der Waals surface area contributed by atoms with Crippen molar-refractivity contribution in [1.82, 2.24) is 4.90 Å². The minimum absolute atomic E-state index is 0.0307. The SMILES string of the molecule is NC(=O)CN(CC(N)=O)Cc1cc(N)ccc1O. The molecule has 0 unspecified atom stereocenters. The Morgan fingerprint density at radius 1 is 1.17 bits per heavy atom. The number of phenols is 1. The topological polar surface area (TPSA) is 136 Å². The maximum absolute atomic E-state index is 10.9. The van der Waals surface area contributed by atoms with Crippen LogP contribution in [-0.4, -0.2) is 34.9 Å². The van der Waals surface area contributed by atoms with Gasteiger partial charge in [0.05, 0.1) is 13.1 Å². The van der Waals surface area contributed by atoms with E-state index in [4.69, 9.17) is 17.2 Å². The van der Waals surface area contributed by atoms with Crippen molar-refractivity contribution in [3.8, 4) is 5.75 Å². The number of nitrogen functional groups attached to an aromatic ring is 1. The molecule has 7 nitrogen and oxygen atoms in total. The molecule has 0 aliphatic carbocycles. The zero-order valence-corrected chi connectivity index (χ0v) is 9.80. The van der Waals surface area contributed by atoms with Gasteiger partial charge in [0.15, 0.2) is 0 Å². The first-order valence-corrected chi connectivity index (χ1v) is 5.25. The Morgan fingerprint density at radius 3 is 2.22 bits per heavy atom. The molecular formula is C11H16N4O3. The fourth-order valence-electron chi connectivity index (χ4n) is 1.58. The van der Waals surface area contributed by atoms with Crippen molar-refractivity contribution >= 4 is 17.5 Å². The van der Waals surface area contributed by atoms with Crippen molar-refractivity contribution in [2.75, 3.05) is 18.8 Å². The van der Waals surface area contributed by atoms with Gasteiger partial charge in [-0.15, -0.1) is 0 Å². The van der Waals surface area contributed by atoms with E-state index in [1.165, 1.54) is 11.0 Å². The molecule has 0 radical (unpaired) electrons. The molecule has 0 atom stereocenters. The van der Waals surface area contributed by atoms with Gasteiger partial charge in [-0.1, -0.05) is 0 Å². The summed E-state index contributed by atoms with van der Waals surface area (Å²) in [5.41, 5.74) is 16.7. The summed E-state index contributed by atoms with van der Waals surface area (Å²) in [6.45, 7) is -0.100. The predicted octanol–water partition coefficient (Wildman–Crippen LogP) is -1.25. The lowest BCUT2D eigenvalue weighted by atomic mass is 10.1. The lowest BCUT2D eigenvalue weighted by Gasteiger charge is -2.19. The fourth-order valence-corrected chi connectivity index (χ4v) is 1.58. The molecule has 7 heteroatoms. The molecule has 0 saturated heterocycles. The predicted molar refractivity (Wildman–Crippen MR) is 66.2 cm³/mol. The fraction of sp³-hybridized carbons (Fsp3) is 0.273. The number of anilines is 1. The van der Waals surface area contributed by atoms with Gasteiger partial charge >= 0.3 is 0 Å². The Balaban J connectivity index is 2.84. The normalized spacial score (nSPS) is 10.5. The van der Waals surface area contributed by atoms with Crippen LogP contribution in [-0.2, 0) is 16.1 Å². The van der Waals surface area contributed by atoms with Crippen LogP contribution in [0.25, 0.3) is 0 Å². The first-order chi connectivity index (χ1) is 8.38. The monoisotopic (exact) mass is 252 g/mol. The summed E-state index contributed by atoms with van der Waals surface area (Å²) in [6.07, 6.45) is 0. The van der Waals surface area contributed by atoms with Gasteiger partial charge in [0.2, 0.25) is 11.8 Å². The number of hydrogen-bond acceptors (Lipinski definition) is 5. The first kappa shape index (κ1) is 13.8. The maximum Gasteiger partial charge on any atom is 0.231 e. The number of rotatable bonds is 6. The number of carbonyl (C=O) groups excluding carboxylic acids is 2. The van der Waals surface area contributed by atoms with Crippen molar-refractivity contribution in [2.24, 2.45) is 11.5 Å². The lowest BCUT2D eigenvalue weighted by molar-refractivity contribution is -0.122. The third-order valence-corrected chi connectivity index (χ3v) is 2.26. The van der Waals surface area contributed by atoms with E-state index in [-0.39, 0.29) is 25.4 Å². The number of hydrogen-bond donors (Lipinski definition) is 4. The minimum Gasteiger partial charge on any atom is -0.508 e. The minimum atomic E-state index is -0.584. The number of amides is 2. The number of nitrogens with two attached hydrogens (primary N) is 3. The Labute approximate surface area is 104 Å². The molecule has 0 aromatic heterocycles. The average Bonchev–Trinajstić information content (AvgIpc) is 2.21. The standard InChI is InChI=1S/C11H16N4O3/c12-8-1-2-9(16)7(3-8)4-15(5-10(13)17)6-11(14)18/h1-3,16H,4-6,12H2,(H2,13,17)(H2,14,18). The summed E-state index contributed by atoms with van der Waals surface area (Å²) in [5, 5.41) is 9.64. The second-order valence-electron chi connectivity index (χ2n) is 3.97. The van der Waals surface area contributed by atoms with E-state index in [9.17, 15) is 14.7 Å². The van der Waals surface area contributed by atoms with Gasteiger partial charge in [0.25, 0.3) is 0 Å². The Hall–Kier alpha value is -2.28. The van der Waals surface area contributed by atoms with E-state index in [2.05, 4.69) is 0 Å². The molecule has 0 saturated carbocycles. The van der Waals surface area contributed by atoms with Crippen LogP contribution in [0.15, 0.2) is 18.2 Å². The van der Waals surface area contributed by atoms with Crippen molar-refractivity contribution in [1.29, 1.82) is 0 Å². The highest BCUT2D eigenvalue weighted by atomic mass is 16.3. The maximum atomic E-state index is 10.9. The van der Waals surface area contributed by atoms with Crippen molar-refractivity contribution in [3.63, 3.8) is 0 Å². The van der Waals surface area contributed by atoms with Crippen LogP contribution in [0, 0.1) is 0 Å². The van der Waals surface area contributed by atoms with Gasteiger partial charge in [-0.2, -0.15) is 0 Å². The molecule has 0 bridgehead atoms. The van der Waals surface area contributed by atoms with Crippen LogP contribution in [0.2, 0.25) is 0 Å². The van der Waals surface area contributed by atoms with Gasteiger partial charge in [-0.25, -0.2) is 0 Å². The molecule has 7 N–H and O–H groups in total. The number of carbonyl (C=O) groups is 2. The molecule has 1 aromatic carbocycles. The number of aromatic hydroxyl groups is 1. The van der Waals surface area contributed by atoms with Gasteiger partial charge in [-0.05, 0) is 18.2 Å². The second kappa shape index (κ2) is 5.87. The Bertz CT molecular complexity index is 446. The van der Waals surface area contributed by atoms with Crippen LogP contribution in [0.5, 0.6) is 5.75 Å². The van der Waals surface area contributed by atoms with Crippen LogP contribution < -0.4 is 17.2 Å². The highest BCUT2D eigenvalue weighted by Crippen LogP contribution is 2.21. The molecule has 0 heterocycles. The van der Waals surface area contributed by atoms with Gasteiger partial charge < -0.3 is 22.3 Å². The first-order valence-electron chi connectivity index (χ1n) is 5.25. The van der Waals surface area contributed by atoms with E-state index < -0.39 is 11.8 Å². The van der Waals surface area contributed by atoms with Crippen molar-refractivity contribution in [3.05, 3.63) is 23.8 Å². The van der Waals surface area contributed by atoms with E-state index in [0.717, 1.165) is 0 Å². The van der Waals surface area contributed by atoms with Crippen LogP contribution >= 0.6 is 0 Å². The molecule has 18 heavy (non-hydrogen) atoms. The molecular weight excluding hydrogens is 236 g/mol. The molecule has 0 aliphatic heterocycles. The van der Waals surface area contributed by atoms with Crippen LogP contribution in [0.1, 0.15) is 5.56 Å². The van der Waals surface area contributed by atoms with Crippen LogP contribution in [0.4, 0.5) is 5.69 Å². The van der Waals surface area contributed by atoms with Crippen molar-refractivity contribution in [2.45, 2.75) is 6.54 Å². The molecule has 2 amide bonds. The van der Waals surface area contributed by atoms with Gasteiger partial charge in [-0.3, -0.25) is 14.5 Å². The van der Waals surface area contributed by atoms with E-state index >= 15 is 0 Å². The van der Waals surface area contributed by atoms with E-state index in [0.29, 0.717) is 11.3 Å². The summed E-state index contributed by atoms with van der Waals surface area (Å²) >= 11 is 0. The van der Waals surface area contributed by atoms with Gasteiger partial charge in [0.1, 0.15) is 5.75 Å². The Morgan fingerprint density at radius 2 is 1.72 bits per heavy atom. The van der Waals surface area contributed by atoms with Crippen LogP contribution in [0.3, 0.4) is 0 Å². The zero-order chi connectivity index (χ0) is 13.7. The zero-order valence-electron chi connectivity index (χ0n) is 9.80. The lowest BCUT2D eigenvalue weighted by Crippen LogP contribution is -2.39. The molecule has 1 rings (SSSR count). The second-order valence-corrected chi connectivity index (χ2v) is 3.97. The third kappa shape index (κ3) is 4.30. The summed E-state index contributed by atoms with van der Waals surface area (Å²) in [7, 11) is 0. The molecule has 0 spiro atoms. The van der Waals surface area contributed by atoms with E-state index in [1.807, 2.05) is 0 Å². The van der Waals surface area contributed by atoms with E-state index in [1.54, 1.807) is 12.1 Å². The smallest absolute Gasteiger partial charge is 0.231 e. The summed E-state index contributed by atoms with van der Waals surface area (Å²) in [5.74, 6) is -1.14.